The minimum atomic E-state index is -0.999. The number of carbonyl (C=O) groups is 2. The van der Waals surface area contributed by atoms with E-state index in [1.54, 1.807) is 26.0 Å². The van der Waals surface area contributed by atoms with Crippen molar-refractivity contribution < 1.29 is 14.0 Å². The summed E-state index contributed by atoms with van der Waals surface area (Å²) < 4.78 is 14.2. The molecule has 0 radical (unpaired) electrons. The zero-order valence-corrected chi connectivity index (χ0v) is 23.3. The third kappa shape index (κ3) is 6.33. The highest BCUT2D eigenvalue weighted by Gasteiger charge is 2.23. The lowest BCUT2D eigenvalue weighted by molar-refractivity contribution is -0.120. The van der Waals surface area contributed by atoms with E-state index in [9.17, 15) is 14.0 Å². The first-order valence-electron chi connectivity index (χ1n) is 12.7. The molecule has 3 aromatic carbocycles. The summed E-state index contributed by atoms with van der Waals surface area (Å²) in [5.74, 6) is -1.40. The maximum Gasteiger partial charge on any atom is 0.257 e. The Labute approximate surface area is 233 Å². The van der Waals surface area contributed by atoms with E-state index in [1.807, 2.05) is 30.3 Å². The van der Waals surface area contributed by atoms with Gasteiger partial charge in [0, 0.05) is 37.4 Å². The van der Waals surface area contributed by atoms with Gasteiger partial charge in [0.2, 0.25) is 5.91 Å². The molecule has 0 saturated carbocycles. The molecule has 1 aliphatic rings. The molecule has 4 rings (SSSR count). The molecule has 10 heteroatoms. The first kappa shape index (κ1) is 28.4. The van der Waals surface area contributed by atoms with Crippen LogP contribution in [0, 0.1) is 12.7 Å². The van der Waals surface area contributed by atoms with Crippen molar-refractivity contribution in [3.8, 4) is 11.1 Å². The molecule has 1 fully saturated rings. The fraction of sp³-hybridized carbons (Fsp3) is 0.310. The quantitative estimate of drug-likeness (QED) is 0.329. The molecule has 8 nitrogen and oxygen atoms in total. The second-order valence-corrected chi connectivity index (χ2v) is 10.9. The highest BCUT2D eigenvalue weighted by molar-refractivity contribution is 6.35. The number of anilines is 4. The van der Waals surface area contributed by atoms with Crippen molar-refractivity contribution in [3.05, 3.63) is 70.5 Å². The van der Waals surface area contributed by atoms with E-state index in [0.29, 0.717) is 11.4 Å². The van der Waals surface area contributed by atoms with Crippen LogP contribution in [0.3, 0.4) is 0 Å². The molecule has 0 atom stereocenters. The van der Waals surface area contributed by atoms with Crippen LogP contribution in [0.5, 0.6) is 0 Å². The summed E-state index contributed by atoms with van der Waals surface area (Å²) in [5, 5.41) is 5.82. The van der Waals surface area contributed by atoms with Crippen molar-refractivity contribution in [2.45, 2.75) is 26.3 Å². The van der Waals surface area contributed by atoms with Gasteiger partial charge < -0.3 is 31.9 Å². The Hall–Kier alpha value is -3.66. The number of piperazine rings is 1. The van der Waals surface area contributed by atoms with E-state index in [1.165, 1.54) is 13.0 Å². The summed E-state index contributed by atoms with van der Waals surface area (Å²) >= 11 is 6.33. The van der Waals surface area contributed by atoms with Gasteiger partial charge in [-0.05, 0) is 69.3 Å². The molecule has 206 valence electrons. The summed E-state index contributed by atoms with van der Waals surface area (Å²) in [4.78, 5) is 30.1. The van der Waals surface area contributed by atoms with Gasteiger partial charge in [0.15, 0.2) is 5.82 Å². The average molecular weight is 553 g/mol. The number of nitrogen functional groups attached to an aromatic ring is 1. The predicted octanol–water partition coefficient (Wildman–Crippen LogP) is 4.72. The molecule has 3 aromatic rings. The number of carbonyl (C=O) groups excluding carboxylic acids is 2. The van der Waals surface area contributed by atoms with Gasteiger partial charge in [-0.15, -0.1) is 0 Å². The Kier molecular flexibility index (Phi) is 8.15. The normalized spacial score (nSPS) is 14.3. The van der Waals surface area contributed by atoms with Gasteiger partial charge in [-0.25, -0.2) is 4.39 Å². The maximum atomic E-state index is 14.2. The molecule has 0 spiro atoms. The third-order valence-corrected chi connectivity index (χ3v) is 7.33. The first-order chi connectivity index (χ1) is 18.3. The Morgan fingerprint density at radius 2 is 1.59 bits per heavy atom. The van der Waals surface area contributed by atoms with Gasteiger partial charge >= 0.3 is 0 Å². The second kappa shape index (κ2) is 11.2. The lowest BCUT2D eigenvalue weighted by atomic mass is 10.0. The van der Waals surface area contributed by atoms with E-state index < -0.39 is 17.3 Å². The zero-order valence-electron chi connectivity index (χ0n) is 22.6. The fourth-order valence-corrected chi connectivity index (χ4v) is 4.55. The van der Waals surface area contributed by atoms with Crippen LogP contribution < -0.4 is 27.0 Å². The second-order valence-electron chi connectivity index (χ2n) is 10.5. The van der Waals surface area contributed by atoms with Crippen LogP contribution in [-0.4, -0.2) is 55.5 Å². The van der Waals surface area contributed by atoms with Crippen LogP contribution in [0.15, 0.2) is 48.5 Å². The van der Waals surface area contributed by atoms with Gasteiger partial charge in [-0.1, -0.05) is 29.8 Å². The maximum absolute atomic E-state index is 14.2. The Morgan fingerprint density at radius 3 is 2.21 bits per heavy atom. The number of hydrogen-bond acceptors (Lipinski definition) is 6. The van der Waals surface area contributed by atoms with Crippen LogP contribution in [-0.2, 0) is 4.79 Å². The van der Waals surface area contributed by atoms with Crippen molar-refractivity contribution in [2.24, 2.45) is 5.73 Å². The molecule has 39 heavy (non-hydrogen) atoms. The van der Waals surface area contributed by atoms with Gasteiger partial charge in [0.1, 0.15) is 0 Å². The van der Waals surface area contributed by atoms with Crippen LogP contribution in [0.4, 0.5) is 27.1 Å². The van der Waals surface area contributed by atoms with E-state index in [-0.39, 0.29) is 27.7 Å². The molecular formula is C29H34ClFN6O2. The molecule has 1 saturated heterocycles. The Balaban J connectivity index is 1.67. The third-order valence-electron chi connectivity index (χ3n) is 6.84. The number of halogens is 2. The van der Waals surface area contributed by atoms with Crippen LogP contribution >= 0.6 is 11.6 Å². The highest BCUT2D eigenvalue weighted by Crippen LogP contribution is 2.34. The van der Waals surface area contributed by atoms with Gasteiger partial charge in [0.25, 0.3) is 5.91 Å². The number of nitrogens with one attached hydrogen (secondary N) is 2. The van der Waals surface area contributed by atoms with Crippen molar-refractivity contribution in [1.29, 1.82) is 0 Å². The molecule has 0 bridgehead atoms. The number of likely N-dealkylation sites (N-methyl/N-ethyl adjacent to an activating group) is 1. The Morgan fingerprint density at radius 1 is 0.974 bits per heavy atom. The summed E-state index contributed by atoms with van der Waals surface area (Å²) in [6, 6.07) is 14.5. The standard InChI is InChI=1S/C29H34ClFN6O2/c1-17-25(30)21(16-22(32)26(17)31)27(38)35-23-15-19(7-10-24(23)37-13-11-36(4)12-14-37)18-5-8-20(9-6-18)34-28(39)29(2,3)33/h5-10,15-16H,11-14,32-33H2,1-4H3,(H,34,39)(H,35,38). The Bertz CT molecular complexity index is 1400. The van der Waals surface area contributed by atoms with E-state index in [2.05, 4.69) is 27.5 Å². The largest absolute Gasteiger partial charge is 0.396 e. The summed E-state index contributed by atoms with van der Waals surface area (Å²) in [7, 11) is 2.08. The topological polar surface area (TPSA) is 117 Å². The monoisotopic (exact) mass is 552 g/mol. The minimum absolute atomic E-state index is 0.0230. The molecule has 0 aliphatic carbocycles. The number of benzene rings is 3. The van der Waals surface area contributed by atoms with Crippen LogP contribution in [0.2, 0.25) is 5.02 Å². The van der Waals surface area contributed by atoms with Gasteiger partial charge in [0.05, 0.1) is 33.2 Å². The van der Waals surface area contributed by atoms with Crippen molar-refractivity contribution >= 4 is 46.2 Å². The molecule has 6 N–H and O–H groups in total. The fourth-order valence-electron chi connectivity index (χ4n) is 4.33. The summed E-state index contributed by atoms with van der Waals surface area (Å²) in [6.07, 6.45) is 0. The van der Waals surface area contributed by atoms with E-state index in [4.69, 9.17) is 23.1 Å². The lowest BCUT2D eigenvalue weighted by Crippen LogP contribution is -2.45. The lowest BCUT2D eigenvalue weighted by Gasteiger charge is -2.35. The number of rotatable bonds is 6. The van der Waals surface area contributed by atoms with Crippen LogP contribution in [0.25, 0.3) is 11.1 Å². The van der Waals surface area contributed by atoms with Gasteiger partial charge in [-0.3, -0.25) is 9.59 Å². The summed E-state index contributed by atoms with van der Waals surface area (Å²) in [6.45, 7) is 8.15. The molecule has 1 heterocycles. The molecule has 0 unspecified atom stereocenters. The van der Waals surface area contributed by atoms with Crippen molar-refractivity contribution in [2.75, 3.05) is 54.5 Å². The molecule has 0 aromatic heterocycles. The number of amides is 2. The van der Waals surface area contributed by atoms with Crippen LogP contribution in [0.1, 0.15) is 29.8 Å². The smallest absolute Gasteiger partial charge is 0.257 e. The van der Waals surface area contributed by atoms with E-state index in [0.717, 1.165) is 43.0 Å². The SMILES string of the molecule is Cc1c(F)c(N)cc(C(=O)Nc2cc(-c3ccc(NC(=O)C(C)(C)N)cc3)ccc2N2CCN(C)CC2)c1Cl. The number of nitrogens with zero attached hydrogens (tertiary/aromatic N) is 2. The average Bonchev–Trinajstić information content (AvgIpc) is 2.90. The molecular weight excluding hydrogens is 519 g/mol. The molecule has 1 aliphatic heterocycles. The van der Waals surface area contributed by atoms with Crippen molar-refractivity contribution in [1.82, 2.24) is 4.90 Å². The van der Waals surface area contributed by atoms with Crippen molar-refractivity contribution in [3.63, 3.8) is 0 Å². The first-order valence-corrected chi connectivity index (χ1v) is 13.1. The number of nitrogens with two attached hydrogens (primary N) is 2. The number of hydrogen-bond donors (Lipinski definition) is 4. The van der Waals surface area contributed by atoms with Gasteiger partial charge in [-0.2, -0.15) is 0 Å². The molecule has 2 amide bonds. The summed E-state index contributed by atoms with van der Waals surface area (Å²) in [5.41, 5.74) is 14.6. The minimum Gasteiger partial charge on any atom is -0.396 e. The zero-order chi connectivity index (χ0) is 28.5. The van der Waals surface area contributed by atoms with E-state index >= 15 is 0 Å². The predicted molar refractivity (Wildman–Crippen MR) is 157 cm³/mol. The highest BCUT2D eigenvalue weighted by atomic mass is 35.5.